The van der Waals surface area contributed by atoms with Crippen LogP contribution in [0.2, 0.25) is 0 Å². The zero-order valence-corrected chi connectivity index (χ0v) is 6.63. The molecule has 0 fully saturated rings. The summed E-state index contributed by atoms with van der Waals surface area (Å²) in [7, 11) is 1.84. The van der Waals surface area contributed by atoms with E-state index in [4.69, 9.17) is 0 Å². The Morgan fingerprint density at radius 2 is 2.00 bits per heavy atom. The van der Waals surface area contributed by atoms with Crippen LogP contribution in [-0.4, -0.2) is 17.2 Å². The number of nitrogens with zero attached hydrogens (tertiary/aromatic N) is 2. The third-order valence-corrected chi connectivity index (χ3v) is 0.873. The summed E-state index contributed by atoms with van der Waals surface area (Å²) in [5.74, 6) is 0. The Morgan fingerprint density at radius 1 is 1.30 bits per heavy atom. The SMILES string of the molecule is CC.CNc1ccnnc1. The lowest BCUT2D eigenvalue weighted by Gasteiger charge is -1.92. The van der Waals surface area contributed by atoms with Gasteiger partial charge in [-0.15, -0.1) is 0 Å². The first-order valence-electron chi connectivity index (χ1n) is 3.38. The van der Waals surface area contributed by atoms with E-state index in [0.717, 1.165) is 5.69 Å². The van der Waals surface area contributed by atoms with Gasteiger partial charge in [0.1, 0.15) is 0 Å². The van der Waals surface area contributed by atoms with Gasteiger partial charge in [-0.2, -0.15) is 10.2 Å². The maximum atomic E-state index is 3.64. The van der Waals surface area contributed by atoms with Gasteiger partial charge in [0.15, 0.2) is 0 Å². The van der Waals surface area contributed by atoms with Gasteiger partial charge in [-0.1, -0.05) is 13.8 Å². The largest absolute Gasteiger partial charge is 0.387 e. The van der Waals surface area contributed by atoms with Crippen LogP contribution >= 0.6 is 0 Å². The second-order valence-electron chi connectivity index (χ2n) is 1.38. The fourth-order valence-corrected chi connectivity index (χ4v) is 0.439. The van der Waals surface area contributed by atoms with Gasteiger partial charge in [0, 0.05) is 7.05 Å². The third kappa shape index (κ3) is 3.02. The van der Waals surface area contributed by atoms with Gasteiger partial charge in [-0.05, 0) is 6.07 Å². The summed E-state index contributed by atoms with van der Waals surface area (Å²) in [5.41, 5.74) is 0.986. The molecule has 0 amide bonds. The van der Waals surface area contributed by atoms with Gasteiger partial charge >= 0.3 is 0 Å². The normalized spacial score (nSPS) is 7.50. The molecule has 3 nitrogen and oxygen atoms in total. The van der Waals surface area contributed by atoms with Crippen molar-refractivity contribution in [3.8, 4) is 0 Å². The summed E-state index contributed by atoms with van der Waals surface area (Å²) < 4.78 is 0. The number of nitrogens with one attached hydrogen (secondary N) is 1. The molecule has 1 aromatic heterocycles. The van der Waals surface area contributed by atoms with E-state index >= 15 is 0 Å². The van der Waals surface area contributed by atoms with Gasteiger partial charge in [0.25, 0.3) is 0 Å². The second kappa shape index (κ2) is 6.01. The lowest BCUT2D eigenvalue weighted by atomic mass is 10.5. The maximum absolute atomic E-state index is 3.64. The van der Waals surface area contributed by atoms with Crippen LogP contribution in [0.5, 0.6) is 0 Å². The summed E-state index contributed by atoms with van der Waals surface area (Å²) in [6, 6.07) is 1.85. The molecule has 56 valence electrons. The molecule has 1 aromatic rings. The minimum absolute atomic E-state index is 0.986. The molecule has 3 heteroatoms. The standard InChI is InChI=1S/C5H7N3.C2H6/c1-6-5-2-3-7-8-4-5;1-2/h2-4H,1H3,(H,6,7);1-2H3. The van der Waals surface area contributed by atoms with E-state index in [0.29, 0.717) is 0 Å². The van der Waals surface area contributed by atoms with E-state index in [1.54, 1.807) is 12.4 Å². The number of hydrogen-bond acceptors (Lipinski definition) is 3. The fraction of sp³-hybridized carbons (Fsp3) is 0.429. The average Bonchev–Trinajstić information content (AvgIpc) is 2.10. The van der Waals surface area contributed by atoms with Crippen LogP contribution in [0.1, 0.15) is 13.8 Å². The quantitative estimate of drug-likeness (QED) is 0.641. The fourth-order valence-electron chi connectivity index (χ4n) is 0.439. The van der Waals surface area contributed by atoms with Crippen LogP contribution in [0.15, 0.2) is 18.5 Å². The Hall–Kier alpha value is -1.12. The van der Waals surface area contributed by atoms with Gasteiger partial charge < -0.3 is 5.32 Å². The molecule has 0 aromatic carbocycles. The molecule has 0 unspecified atom stereocenters. The molecule has 0 aliphatic heterocycles. The van der Waals surface area contributed by atoms with E-state index in [1.807, 2.05) is 27.0 Å². The number of anilines is 1. The number of aromatic nitrogens is 2. The first kappa shape index (κ1) is 8.88. The van der Waals surface area contributed by atoms with Crippen LogP contribution in [0, 0.1) is 0 Å². The van der Waals surface area contributed by atoms with Crippen molar-refractivity contribution in [3.05, 3.63) is 18.5 Å². The van der Waals surface area contributed by atoms with E-state index in [2.05, 4.69) is 15.5 Å². The molecule has 0 aliphatic carbocycles. The van der Waals surface area contributed by atoms with Gasteiger partial charge in [-0.3, -0.25) is 0 Å². The summed E-state index contributed by atoms with van der Waals surface area (Å²) in [4.78, 5) is 0. The highest BCUT2D eigenvalue weighted by atomic mass is 15.1. The lowest BCUT2D eigenvalue weighted by Crippen LogP contribution is -1.88. The van der Waals surface area contributed by atoms with Crippen molar-refractivity contribution in [1.82, 2.24) is 10.2 Å². The molecule has 0 saturated carbocycles. The minimum atomic E-state index is 0.986. The summed E-state index contributed by atoms with van der Waals surface area (Å²) in [6.07, 6.45) is 3.31. The Morgan fingerprint density at radius 3 is 2.30 bits per heavy atom. The Balaban J connectivity index is 0.000000371. The van der Waals surface area contributed by atoms with Crippen molar-refractivity contribution in [3.63, 3.8) is 0 Å². The van der Waals surface area contributed by atoms with Crippen LogP contribution < -0.4 is 5.32 Å². The summed E-state index contributed by atoms with van der Waals surface area (Å²) >= 11 is 0. The molecule has 1 heterocycles. The molecule has 0 atom stereocenters. The molecule has 0 spiro atoms. The number of hydrogen-bond donors (Lipinski definition) is 1. The van der Waals surface area contributed by atoms with Crippen molar-refractivity contribution in [2.45, 2.75) is 13.8 Å². The molecule has 0 radical (unpaired) electrons. The van der Waals surface area contributed by atoms with Crippen LogP contribution in [-0.2, 0) is 0 Å². The highest BCUT2D eigenvalue weighted by Crippen LogP contribution is 1.96. The van der Waals surface area contributed by atoms with Crippen LogP contribution in [0.4, 0.5) is 5.69 Å². The monoisotopic (exact) mass is 139 g/mol. The Labute approximate surface area is 61.5 Å². The average molecular weight is 139 g/mol. The van der Waals surface area contributed by atoms with Gasteiger partial charge in [0.05, 0.1) is 18.1 Å². The van der Waals surface area contributed by atoms with Crippen molar-refractivity contribution in [2.75, 3.05) is 12.4 Å². The third-order valence-electron chi connectivity index (χ3n) is 0.873. The van der Waals surface area contributed by atoms with Crippen LogP contribution in [0.25, 0.3) is 0 Å². The highest BCUT2D eigenvalue weighted by molar-refractivity contribution is 5.37. The van der Waals surface area contributed by atoms with Gasteiger partial charge in [-0.25, -0.2) is 0 Å². The smallest absolute Gasteiger partial charge is 0.0727 e. The molecule has 0 saturated heterocycles. The van der Waals surface area contributed by atoms with E-state index in [9.17, 15) is 0 Å². The lowest BCUT2D eigenvalue weighted by molar-refractivity contribution is 1.03. The first-order chi connectivity index (χ1) is 4.93. The van der Waals surface area contributed by atoms with E-state index in [1.165, 1.54) is 0 Å². The predicted molar refractivity (Wildman–Crippen MR) is 42.9 cm³/mol. The summed E-state index contributed by atoms with van der Waals surface area (Å²) in [6.45, 7) is 4.00. The van der Waals surface area contributed by atoms with Crippen molar-refractivity contribution < 1.29 is 0 Å². The minimum Gasteiger partial charge on any atom is -0.387 e. The zero-order valence-electron chi connectivity index (χ0n) is 6.63. The number of rotatable bonds is 1. The van der Waals surface area contributed by atoms with Crippen molar-refractivity contribution >= 4 is 5.69 Å². The Bertz CT molecular complexity index is 150. The van der Waals surface area contributed by atoms with Crippen molar-refractivity contribution in [2.24, 2.45) is 0 Å². The first-order valence-corrected chi connectivity index (χ1v) is 3.38. The van der Waals surface area contributed by atoms with Crippen LogP contribution in [0.3, 0.4) is 0 Å². The molecular weight excluding hydrogens is 126 g/mol. The molecule has 0 aliphatic rings. The van der Waals surface area contributed by atoms with Crippen molar-refractivity contribution in [1.29, 1.82) is 0 Å². The maximum Gasteiger partial charge on any atom is 0.0727 e. The highest BCUT2D eigenvalue weighted by Gasteiger charge is 1.80. The summed E-state index contributed by atoms with van der Waals surface area (Å²) in [5, 5.41) is 10.2. The second-order valence-corrected chi connectivity index (χ2v) is 1.38. The molecule has 1 N–H and O–H groups in total. The molecule has 1 rings (SSSR count). The molecular formula is C7H13N3. The topological polar surface area (TPSA) is 37.8 Å². The van der Waals surface area contributed by atoms with E-state index < -0.39 is 0 Å². The zero-order chi connectivity index (χ0) is 7.82. The van der Waals surface area contributed by atoms with Gasteiger partial charge in [0.2, 0.25) is 0 Å². The Kier molecular flexibility index (Phi) is 5.33. The molecule has 10 heavy (non-hydrogen) atoms. The molecule has 0 bridgehead atoms. The van der Waals surface area contributed by atoms with E-state index in [-0.39, 0.29) is 0 Å². The predicted octanol–water partition coefficient (Wildman–Crippen LogP) is 1.54.